The summed E-state index contributed by atoms with van der Waals surface area (Å²) in [4.78, 5) is 16.8. The lowest BCUT2D eigenvalue weighted by Crippen LogP contribution is -2.64. The molecule has 0 aromatic carbocycles. The first-order valence-electron chi connectivity index (χ1n) is 7.65. The minimum absolute atomic E-state index is 0.0500. The Kier molecular flexibility index (Phi) is 4.51. The van der Waals surface area contributed by atoms with E-state index >= 15 is 0 Å². The zero-order valence-electron chi connectivity index (χ0n) is 12.9. The van der Waals surface area contributed by atoms with Crippen molar-refractivity contribution in [1.82, 2.24) is 15.1 Å². The molecule has 0 aliphatic carbocycles. The molecule has 19 heavy (non-hydrogen) atoms. The van der Waals surface area contributed by atoms with Gasteiger partial charge in [-0.1, -0.05) is 0 Å². The maximum absolute atomic E-state index is 12.4. The Morgan fingerprint density at radius 1 is 1.42 bits per heavy atom. The van der Waals surface area contributed by atoms with Gasteiger partial charge in [-0.15, -0.1) is 0 Å². The molecular formula is C15H29N3O. The molecule has 0 spiro atoms. The third-order valence-electron chi connectivity index (χ3n) is 4.32. The minimum Gasteiger partial charge on any atom is -0.333 e. The molecule has 1 N–H and O–H groups in total. The Labute approximate surface area is 117 Å². The number of piperidine rings is 1. The Morgan fingerprint density at radius 3 is 2.68 bits per heavy atom. The number of amides is 1. The van der Waals surface area contributed by atoms with Gasteiger partial charge in [0.05, 0.1) is 12.1 Å². The molecule has 4 nitrogen and oxygen atoms in total. The number of nitrogens with zero attached hydrogens (tertiary/aromatic N) is 2. The summed E-state index contributed by atoms with van der Waals surface area (Å²) in [6, 6.07) is 0.293. The molecule has 0 aromatic heterocycles. The molecule has 1 amide bonds. The standard InChI is InChI=1S/C15H29N3O/c1-12(2)18-14(19)10-17(11-15(18,3)4)9-13-6-5-7-16-8-13/h12-13,16H,5-11H2,1-4H3. The molecule has 1 atom stereocenters. The summed E-state index contributed by atoms with van der Waals surface area (Å²) >= 11 is 0. The van der Waals surface area contributed by atoms with Gasteiger partial charge in [-0.25, -0.2) is 0 Å². The fourth-order valence-corrected chi connectivity index (χ4v) is 3.85. The summed E-state index contributed by atoms with van der Waals surface area (Å²) in [5.41, 5.74) is -0.0500. The van der Waals surface area contributed by atoms with Crippen molar-refractivity contribution >= 4 is 5.91 Å². The molecule has 2 aliphatic rings. The van der Waals surface area contributed by atoms with Gasteiger partial charge in [0.1, 0.15) is 0 Å². The minimum atomic E-state index is -0.0500. The molecule has 2 heterocycles. The number of piperazine rings is 1. The van der Waals surface area contributed by atoms with Gasteiger partial charge in [0.25, 0.3) is 0 Å². The molecule has 0 bridgehead atoms. The molecule has 110 valence electrons. The molecule has 1 unspecified atom stereocenters. The quantitative estimate of drug-likeness (QED) is 0.837. The lowest BCUT2D eigenvalue weighted by atomic mass is 9.93. The Balaban J connectivity index is 1.96. The fourth-order valence-electron chi connectivity index (χ4n) is 3.85. The summed E-state index contributed by atoms with van der Waals surface area (Å²) in [6.07, 6.45) is 2.57. The Morgan fingerprint density at radius 2 is 2.16 bits per heavy atom. The lowest BCUT2D eigenvalue weighted by molar-refractivity contribution is -0.148. The van der Waals surface area contributed by atoms with Crippen molar-refractivity contribution in [3.05, 3.63) is 0 Å². The molecule has 2 saturated heterocycles. The fraction of sp³-hybridized carbons (Fsp3) is 0.933. The third-order valence-corrected chi connectivity index (χ3v) is 4.32. The molecule has 4 heteroatoms. The van der Waals surface area contributed by atoms with Crippen LogP contribution in [0.4, 0.5) is 0 Å². The molecule has 2 aliphatic heterocycles. The van der Waals surface area contributed by atoms with Crippen LogP contribution in [0.25, 0.3) is 0 Å². The van der Waals surface area contributed by atoms with E-state index in [1.165, 1.54) is 12.8 Å². The van der Waals surface area contributed by atoms with E-state index in [2.05, 4.69) is 42.8 Å². The molecule has 2 rings (SSSR count). The van der Waals surface area contributed by atoms with Crippen molar-refractivity contribution in [2.45, 2.75) is 52.1 Å². The highest BCUT2D eigenvalue weighted by Gasteiger charge is 2.40. The van der Waals surface area contributed by atoms with Crippen molar-refractivity contribution in [3.63, 3.8) is 0 Å². The van der Waals surface area contributed by atoms with Crippen LogP contribution in [0.5, 0.6) is 0 Å². The van der Waals surface area contributed by atoms with Gasteiger partial charge in [-0.3, -0.25) is 9.69 Å². The van der Waals surface area contributed by atoms with Gasteiger partial charge >= 0.3 is 0 Å². The highest BCUT2D eigenvalue weighted by molar-refractivity contribution is 5.80. The van der Waals surface area contributed by atoms with E-state index in [4.69, 9.17) is 0 Å². The highest BCUT2D eigenvalue weighted by atomic mass is 16.2. The molecule has 0 saturated carbocycles. The second-order valence-electron chi connectivity index (χ2n) is 7.05. The summed E-state index contributed by atoms with van der Waals surface area (Å²) in [7, 11) is 0. The van der Waals surface area contributed by atoms with Gasteiger partial charge < -0.3 is 10.2 Å². The summed E-state index contributed by atoms with van der Waals surface area (Å²) in [5.74, 6) is 0.998. The zero-order valence-corrected chi connectivity index (χ0v) is 12.9. The number of carbonyl (C=O) groups is 1. The van der Waals surface area contributed by atoms with Crippen LogP contribution in [0.3, 0.4) is 0 Å². The van der Waals surface area contributed by atoms with Crippen molar-refractivity contribution in [2.75, 3.05) is 32.7 Å². The molecule has 2 fully saturated rings. The van der Waals surface area contributed by atoms with Crippen molar-refractivity contribution in [2.24, 2.45) is 5.92 Å². The maximum atomic E-state index is 12.4. The molecular weight excluding hydrogens is 238 g/mol. The van der Waals surface area contributed by atoms with E-state index in [1.807, 2.05) is 0 Å². The van der Waals surface area contributed by atoms with Crippen LogP contribution >= 0.6 is 0 Å². The zero-order chi connectivity index (χ0) is 14.0. The Bertz CT molecular complexity index is 321. The second kappa shape index (κ2) is 5.80. The first-order chi connectivity index (χ1) is 8.90. The normalized spacial score (nSPS) is 29.0. The monoisotopic (exact) mass is 267 g/mol. The maximum Gasteiger partial charge on any atom is 0.237 e. The van der Waals surface area contributed by atoms with Gasteiger partial charge in [0, 0.05) is 19.1 Å². The SMILES string of the molecule is CC(C)N1C(=O)CN(CC2CCCNC2)CC1(C)C. The first-order valence-corrected chi connectivity index (χ1v) is 7.65. The number of carbonyl (C=O) groups excluding carboxylic acids is 1. The van der Waals surface area contributed by atoms with Crippen molar-refractivity contribution in [3.8, 4) is 0 Å². The topological polar surface area (TPSA) is 35.6 Å². The third kappa shape index (κ3) is 3.48. The number of rotatable bonds is 3. The molecule has 0 aromatic rings. The van der Waals surface area contributed by atoms with E-state index in [0.717, 1.165) is 26.2 Å². The summed E-state index contributed by atoms with van der Waals surface area (Å²) in [5, 5.41) is 3.46. The summed E-state index contributed by atoms with van der Waals surface area (Å²) < 4.78 is 0. The van der Waals surface area contributed by atoms with Gasteiger partial charge in [0.15, 0.2) is 0 Å². The van der Waals surface area contributed by atoms with Crippen LogP contribution in [-0.4, -0.2) is 60.0 Å². The Hall–Kier alpha value is -0.610. The number of nitrogens with one attached hydrogen (secondary N) is 1. The van der Waals surface area contributed by atoms with Crippen LogP contribution < -0.4 is 5.32 Å². The van der Waals surface area contributed by atoms with E-state index in [9.17, 15) is 4.79 Å². The van der Waals surface area contributed by atoms with Crippen LogP contribution in [0, 0.1) is 5.92 Å². The van der Waals surface area contributed by atoms with E-state index in [0.29, 0.717) is 18.5 Å². The van der Waals surface area contributed by atoms with Gasteiger partial charge in [-0.2, -0.15) is 0 Å². The van der Waals surface area contributed by atoms with Gasteiger partial charge in [0.2, 0.25) is 5.91 Å². The highest BCUT2D eigenvalue weighted by Crippen LogP contribution is 2.25. The van der Waals surface area contributed by atoms with Crippen LogP contribution in [0.1, 0.15) is 40.5 Å². The smallest absolute Gasteiger partial charge is 0.237 e. The number of hydrogen-bond donors (Lipinski definition) is 1. The molecule has 0 radical (unpaired) electrons. The van der Waals surface area contributed by atoms with Crippen molar-refractivity contribution in [1.29, 1.82) is 0 Å². The van der Waals surface area contributed by atoms with E-state index in [-0.39, 0.29) is 11.4 Å². The average Bonchev–Trinajstić information content (AvgIpc) is 2.27. The van der Waals surface area contributed by atoms with E-state index < -0.39 is 0 Å². The number of hydrogen-bond acceptors (Lipinski definition) is 3. The summed E-state index contributed by atoms with van der Waals surface area (Å²) in [6.45, 7) is 13.5. The van der Waals surface area contributed by atoms with Crippen LogP contribution in [0.15, 0.2) is 0 Å². The van der Waals surface area contributed by atoms with Crippen LogP contribution in [0.2, 0.25) is 0 Å². The predicted molar refractivity (Wildman–Crippen MR) is 78.1 cm³/mol. The second-order valence-corrected chi connectivity index (χ2v) is 7.05. The van der Waals surface area contributed by atoms with E-state index in [1.54, 1.807) is 0 Å². The average molecular weight is 267 g/mol. The van der Waals surface area contributed by atoms with Crippen LogP contribution in [-0.2, 0) is 4.79 Å². The predicted octanol–water partition coefficient (Wildman–Crippen LogP) is 1.32. The van der Waals surface area contributed by atoms with Gasteiger partial charge in [-0.05, 0) is 59.5 Å². The lowest BCUT2D eigenvalue weighted by Gasteiger charge is -2.49. The largest absolute Gasteiger partial charge is 0.333 e. The van der Waals surface area contributed by atoms with Crippen molar-refractivity contribution < 1.29 is 4.79 Å². The first kappa shape index (κ1) is 14.8.